The molecule has 2 aromatic carbocycles. The summed E-state index contributed by atoms with van der Waals surface area (Å²) >= 11 is 0. The smallest absolute Gasteiger partial charge is 0.257 e. The zero-order valence-electron chi connectivity index (χ0n) is 17.5. The van der Waals surface area contributed by atoms with Gasteiger partial charge in [0.1, 0.15) is 11.6 Å². The highest BCUT2D eigenvalue weighted by atomic mass is 16.5. The number of amides is 1. The Morgan fingerprint density at radius 1 is 1.17 bits per heavy atom. The van der Waals surface area contributed by atoms with Crippen LogP contribution in [0.5, 0.6) is 5.75 Å². The Kier molecular flexibility index (Phi) is 6.01. The molecular formula is C23H28N4O3. The molecule has 0 aliphatic carbocycles. The molecule has 1 unspecified atom stereocenters. The second-order valence-corrected chi connectivity index (χ2v) is 7.62. The van der Waals surface area contributed by atoms with Crippen molar-refractivity contribution in [3.8, 4) is 5.75 Å². The average Bonchev–Trinajstić information content (AvgIpc) is 3.16. The third kappa shape index (κ3) is 3.91. The molecule has 1 atom stereocenters. The highest BCUT2D eigenvalue weighted by molar-refractivity contribution is 6.05. The molecular weight excluding hydrogens is 380 g/mol. The van der Waals surface area contributed by atoms with Gasteiger partial charge in [0.15, 0.2) is 0 Å². The van der Waals surface area contributed by atoms with Crippen LogP contribution in [0.3, 0.4) is 0 Å². The number of fused-ring (bicyclic) bond motifs is 1. The number of anilines is 1. The second kappa shape index (κ2) is 8.85. The average molecular weight is 409 g/mol. The quantitative estimate of drug-likeness (QED) is 0.744. The summed E-state index contributed by atoms with van der Waals surface area (Å²) in [6.45, 7) is 3.00. The maximum atomic E-state index is 13.3. The Morgan fingerprint density at radius 3 is 2.80 bits per heavy atom. The number of rotatable bonds is 5. The van der Waals surface area contributed by atoms with Crippen molar-refractivity contribution in [3.63, 3.8) is 0 Å². The minimum Gasteiger partial charge on any atom is -0.496 e. The van der Waals surface area contributed by atoms with Crippen LogP contribution in [0.15, 0.2) is 53.5 Å². The van der Waals surface area contributed by atoms with E-state index in [2.05, 4.69) is 22.8 Å². The van der Waals surface area contributed by atoms with Gasteiger partial charge in [0.05, 0.1) is 31.4 Å². The molecule has 30 heavy (non-hydrogen) atoms. The van der Waals surface area contributed by atoms with Crippen molar-refractivity contribution < 1.29 is 14.3 Å². The molecule has 0 bridgehead atoms. The lowest BCUT2D eigenvalue weighted by molar-refractivity contribution is 0.0782. The van der Waals surface area contributed by atoms with Crippen molar-refractivity contribution in [1.29, 1.82) is 0 Å². The minimum atomic E-state index is -0.426. The van der Waals surface area contributed by atoms with Crippen molar-refractivity contribution >= 4 is 17.4 Å². The number of ether oxygens (including phenoxy) is 2. The Bertz CT molecular complexity index is 946. The van der Waals surface area contributed by atoms with E-state index in [0.29, 0.717) is 44.1 Å². The monoisotopic (exact) mass is 408 g/mol. The zero-order valence-corrected chi connectivity index (χ0v) is 17.5. The van der Waals surface area contributed by atoms with Crippen molar-refractivity contribution in [3.05, 3.63) is 59.7 Å². The van der Waals surface area contributed by atoms with Crippen molar-refractivity contribution in [2.24, 2.45) is 4.99 Å². The molecule has 0 aromatic heterocycles. The predicted molar refractivity (Wildman–Crippen MR) is 117 cm³/mol. The second-order valence-electron chi connectivity index (χ2n) is 7.62. The fourth-order valence-corrected chi connectivity index (χ4v) is 4.14. The summed E-state index contributed by atoms with van der Waals surface area (Å²) in [5, 5.41) is 7.24. The molecule has 1 spiro atoms. The summed E-state index contributed by atoms with van der Waals surface area (Å²) in [6, 6.07) is 15.6. The number of hydrogen-bond donors (Lipinski definition) is 2. The summed E-state index contributed by atoms with van der Waals surface area (Å²) in [4.78, 5) is 20.0. The van der Waals surface area contributed by atoms with E-state index in [-0.39, 0.29) is 5.91 Å². The number of nitrogens with zero attached hydrogens (tertiary/aromatic N) is 2. The summed E-state index contributed by atoms with van der Waals surface area (Å²) in [5.74, 6) is 1.43. The minimum absolute atomic E-state index is 0.0240. The van der Waals surface area contributed by atoms with Gasteiger partial charge < -0.3 is 19.7 Å². The molecule has 7 nitrogen and oxygen atoms in total. The van der Waals surface area contributed by atoms with Crippen LogP contribution in [0.4, 0.5) is 5.69 Å². The number of para-hydroxylation sites is 2. The van der Waals surface area contributed by atoms with Gasteiger partial charge in [-0.3, -0.25) is 15.1 Å². The maximum absolute atomic E-state index is 13.3. The fourth-order valence-electron chi connectivity index (χ4n) is 4.14. The Hall–Kier alpha value is -2.90. The van der Waals surface area contributed by atoms with Crippen LogP contribution in [0.1, 0.15) is 22.3 Å². The summed E-state index contributed by atoms with van der Waals surface area (Å²) < 4.78 is 10.6. The summed E-state index contributed by atoms with van der Waals surface area (Å²) in [6.07, 6.45) is 0.778. The number of methoxy groups -OCH3 is 2. The molecule has 2 heterocycles. The third-order valence-corrected chi connectivity index (χ3v) is 5.80. The summed E-state index contributed by atoms with van der Waals surface area (Å²) in [5.41, 5.74) is 2.39. The molecule has 2 aromatic rings. The van der Waals surface area contributed by atoms with Gasteiger partial charge in [-0.05, 0) is 30.2 Å². The topological polar surface area (TPSA) is 75.2 Å². The third-order valence-electron chi connectivity index (χ3n) is 5.80. The van der Waals surface area contributed by atoms with Gasteiger partial charge >= 0.3 is 0 Å². The number of likely N-dealkylation sites (tertiary alicyclic amines) is 1. The molecule has 0 saturated carbocycles. The lowest BCUT2D eigenvalue weighted by Crippen LogP contribution is -2.55. The molecule has 0 radical (unpaired) electrons. The van der Waals surface area contributed by atoms with Gasteiger partial charge in [0.25, 0.3) is 5.91 Å². The number of nitrogens with one attached hydrogen (secondary N) is 2. The molecule has 1 amide bonds. The van der Waals surface area contributed by atoms with Crippen LogP contribution < -0.4 is 15.4 Å². The molecule has 2 aliphatic rings. The first-order chi connectivity index (χ1) is 14.7. The molecule has 7 heteroatoms. The van der Waals surface area contributed by atoms with Gasteiger partial charge in [-0.2, -0.15) is 0 Å². The lowest BCUT2D eigenvalue weighted by Gasteiger charge is -2.30. The van der Waals surface area contributed by atoms with Gasteiger partial charge in [-0.15, -0.1) is 0 Å². The SMILES string of the molecule is COCCN=C1Nc2ccccc2CNC12CCN(C(=O)c1ccccc1OC)C2. The zero-order chi connectivity index (χ0) is 21.0. The van der Waals surface area contributed by atoms with Crippen LogP contribution in [0, 0.1) is 0 Å². The van der Waals surface area contributed by atoms with E-state index in [4.69, 9.17) is 14.5 Å². The van der Waals surface area contributed by atoms with E-state index in [1.165, 1.54) is 5.56 Å². The van der Waals surface area contributed by atoms with Crippen LogP contribution in [0.2, 0.25) is 0 Å². The van der Waals surface area contributed by atoms with Gasteiger partial charge in [-0.1, -0.05) is 30.3 Å². The number of hydrogen-bond acceptors (Lipinski definition) is 5. The number of aliphatic imine (C=N–C) groups is 1. The first kappa shape index (κ1) is 20.4. The highest BCUT2D eigenvalue weighted by Crippen LogP contribution is 2.31. The van der Waals surface area contributed by atoms with Gasteiger partial charge in [0, 0.05) is 32.4 Å². The van der Waals surface area contributed by atoms with Crippen LogP contribution in [0.25, 0.3) is 0 Å². The number of benzene rings is 2. The molecule has 4 rings (SSSR count). The molecule has 1 saturated heterocycles. The van der Waals surface area contributed by atoms with E-state index in [0.717, 1.165) is 17.9 Å². The van der Waals surface area contributed by atoms with E-state index in [1.807, 2.05) is 41.3 Å². The van der Waals surface area contributed by atoms with E-state index >= 15 is 0 Å². The Morgan fingerprint density at radius 2 is 1.97 bits per heavy atom. The van der Waals surface area contributed by atoms with Crippen molar-refractivity contribution in [1.82, 2.24) is 10.2 Å². The highest BCUT2D eigenvalue weighted by Gasteiger charge is 2.45. The molecule has 1 fully saturated rings. The number of carbonyl (C=O) groups is 1. The van der Waals surface area contributed by atoms with Crippen molar-refractivity contribution in [2.45, 2.75) is 18.5 Å². The predicted octanol–water partition coefficient (Wildman–Crippen LogP) is 2.54. The normalized spacial score (nSPS) is 21.9. The van der Waals surface area contributed by atoms with E-state index in [9.17, 15) is 4.79 Å². The number of carbonyl (C=O) groups excluding carboxylic acids is 1. The summed E-state index contributed by atoms with van der Waals surface area (Å²) in [7, 11) is 3.26. The maximum Gasteiger partial charge on any atom is 0.257 e. The first-order valence-electron chi connectivity index (χ1n) is 10.2. The fraction of sp³-hybridized carbons (Fsp3) is 0.391. The number of amidine groups is 1. The largest absolute Gasteiger partial charge is 0.496 e. The molecule has 2 N–H and O–H groups in total. The van der Waals surface area contributed by atoms with Gasteiger partial charge in [-0.25, -0.2) is 0 Å². The molecule has 158 valence electrons. The Labute approximate surface area is 177 Å². The van der Waals surface area contributed by atoms with Crippen LogP contribution in [-0.2, 0) is 11.3 Å². The van der Waals surface area contributed by atoms with E-state index in [1.54, 1.807) is 14.2 Å². The standard InChI is InChI=1S/C23H28N4O3/c1-29-14-12-24-22-23(25-15-17-7-3-5-9-19(17)26-22)11-13-27(16-23)21(28)18-8-4-6-10-20(18)30-2/h3-10,25H,11-16H2,1-2H3,(H,24,26). The van der Waals surface area contributed by atoms with Crippen LogP contribution in [-0.4, -0.2) is 62.6 Å². The Balaban J connectivity index is 1.61. The lowest BCUT2D eigenvalue weighted by atomic mass is 9.96. The van der Waals surface area contributed by atoms with Crippen LogP contribution >= 0.6 is 0 Å². The molecule has 2 aliphatic heterocycles. The van der Waals surface area contributed by atoms with Gasteiger partial charge in [0.2, 0.25) is 0 Å². The van der Waals surface area contributed by atoms with Crippen molar-refractivity contribution in [2.75, 3.05) is 45.8 Å². The van der Waals surface area contributed by atoms with E-state index < -0.39 is 5.54 Å². The first-order valence-corrected chi connectivity index (χ1v) is 10.2.